The molecule has 1 aromatic heterocycles. The molecule has 0 saturated heterocycles. The molecule has 0 radical (unpaired) electrons. The van der Waals surface area contributed by atoms with Crippen molar-refractivity contribution in [3.8, 4) is 5.75 Å². The highest BCUT2D eigenvalue weighted by atomic mass is 16.5. The van der Waals surface area contributed by atoms with Gasteiger partial charge in [0.2, 0.25) is 0 Å². The Morgan fingerprint density at radius 3 is 2.46 bits per heavy atom. The molecule has 4 aromatic rings. The van der Waals surface area contributed by atoms with Crippen molar-refractivity contribution in [2.75, 3.05) is 7.11 Å². The predicted octanol–water partition coefficient (Wildman–Crippen LogP) is 4.35. The van der Waals surface area contributed by atoms with Crippen molar-refractivity contribution in [3.63, 3.8) is 0 Å². The maximum Gasteiger partial charge on any atom is 0.343 e. The smallest absolute Gasteiger partial charge is 0.343 e. The number of para-hydroxylation sites is 1. The second-order valence-electron chi connectivity index (χ2n) is 6.55. The highest BCUT2D eigenvalue weighted by Gasteiger charge is 2.28. The maximum atomic E-state index is 12.8. The van der Waals surface area contributed by atoms with Gasteiger partial charge in [0.1, 0.15) is 11.3 Å². The fraction of sp³-hybridized carbons (Fsp3) is 0.130. The standard InChI is InChI=1S/C23H18O5/c1-27-20(24)13-18(16-11-6-8-14-7-2-3-9-15(14)16)21-22(25)17-10-4-5-12-19(17)28-23(21)26/h2-12,18,25H,13H2,1H3. The first kappa shape index (κ1) is 17.8. The van der Waals surface area contributed by atoms with Gasteiger partial charge in [0.25, 0.3) is 0 Å². The molecule has 5 heteroatoms. The fourth-order valence-corrected chi connectivity index (χ4v) is 3.63. The van der Waals surface area contributed by atoms with Gasteiger partial charge in [-0.15, -0.1) is 0 Å². The van der Waals surface area contributed by atoms with E-state index in [9.17, 15) is 14.7 Å². The molecule has 0 aliphatic carbocycles. The van der Waals surface area contributed by atoms with Crippen LogP contribution in [0.4, 0.5) is 0 Å². The lowest BCUT2D eigenvalue weighted by atomic mass is 9.85. The predicted molar refractivity (Wildman–Crippen MR) is 107 cm³/mol. The summed E-state index contributed by atoms with van der Waals surface area (Å²) < 4.78 is 10.3. The topological polar surface area (TPSA) is 76.7 Å². The summed E-state index contributed by atoms with van der Waals surface area (Å²) in [6.45, 7) is 0. The monoisotopic (exact) mass is 374 g/mol. The van der Waals surface area contributed by atoms with Crippen LogP contribution in [0.1, 0.15) is 23.5 Å². The van der Waals surface area contributed by atoms with Gasteiger partial charge in [0, 0.05) is 5.92 Å². The number of rotatable bonds is 4. The zero-order valence-electron chi connectivity index (χ0n) is 15.2. The van der Waals surface area contributed by atoms with Crippen LogP contribution in [0.15, 0.2) is 75.9 Å². The number of esters is 1. The highest BCUT2D eigenvalue weighted by Crippen LogP contribution is 2.38. The molecular weight excluding hydrogens is 356 g/mol. The van der Waals surface area contributed by atoms with E-state index in [1.165, 1.54) is 7.11 Å². The summed E-state index contributed by atoms with van der Waals surface area (Å²) in [5.74, 6) is -1.36. The minimum atomic E-state index is -0.709. The molecule has 1 unspecified atom stereocenters. The van der Waals surface area contributed by atoms with Crippen LogP contribution in [0, 0.1) is 0 Å². The number of hydrogen-bond acceptors (Lipinski definition) is 5. The van der Waals surface area contributed by atoms with Crippen molar-refractivity contribution >= 4 is 27.7 Å². The van der Waals surface area contributed by atoms with Crippen LogP contribution in [0.3, 0.4) is 0 Å². The molecule has 1 atom stereocenters. The third kappa shape index (κ3) is 3.01. The number of carbonyl (C=O) groups is 1. The second kappa shape index (κ2) is 7.19. The third-order valence-electron chi connectivity index (χ3n) is 4.97. The lowest BCUT2D eigenvalue weighted by Gasteiger charge is -2.19. The van der Waals surface area contributed by atoms with Crippen molar-refractivity contribution in [1.29, 1.82) is 0 Å². The van der Waals surface area contributed by atoms with E-state index in [1.54, 1.807) is 24.3 Å². The number of benzene rings is 3. The largest absolute Gasteiger partial charge is 0.507 e. The SMILES string of the molecule is COC(=O)CC(c1c(O)c2ccccc2oc1=O)c1cccc2ccccc12. The Morgan fingerprint density at radius 2 is 1.68 bits per heavy atom. The molecule has 3 aromatic carbocycles. The van der Waals surface area contributed by atoms with Gasteiger partial charge in [0.05, 0.1) is 24.5 Å². The lowest BCUT2D eigenvalue weighted by molar-refractivity contribution is -0.140. The molecule has 28 heavy (non-hydrogen) atoms. The first-order valence-corrected chi connectivity index (χ1v) is 8.89. The van der Waals surface area contributed by atoms with Crippen LogP contribution in [0.2, 0.25) is 0 Å². The minimum Gasteiger partial charge on any atom is -0.507 e. The lowest BCUT2D eigenvalue weighted by Crippen LogP contribution is -2.18. The Labute approximate surface area is 160 Å². The first-order valence-electron chi connectivity index (χ1n) is 8.89. The normalized spacial score (nSPS) is 12.2. The van der Waals surface area contributed by atoms with E-state index in [0.717, 1.165) is 16.3 Å². The number of hydrogen-bond donors (Lipinski definition) is 1. The fourth-order valence-electron chi connectivity index (χ4n) is 3.63. The highest BCUT2D eigenvalue weighted by molar-refractivity contribution is 5.89. The Kier molecular flexibility index (Phi) is 4.57. The van der Waals surface area contributed by atoms with Crippen LogP contribution >= 0.6 is 0 Å². The molecule has 0 spiro atoms. The van der Waals surface area contributed by atoms with E-state index in [1.807, 2.05) is 42.5 Å². The summed E-state index contributed by atoms with van der Waals surface area (Å²) in [7, 11) is 1.30. The van der Waals surface area contributed by atoms with Gasteiger partial charge in [-0.2, -0.15) is 0 Å². The second-order valence-corrected chi connectivity index (χ2v) is 6.55. The van der Waals surface area contributed by atoms with Gasteiger partial charge < -0.3 is 14.3 Å². The van der Waals surface area contributed by atoms with Crippen LogP contribution in [-0.2, 0) is 9.53 Å². The van der Waals surface area contributed by atoms with Gasteiger partial charge in [-0.25, -0.2) is 4.79 Å². The van der Waals surface area contributed by atoms with E-state index in [0.29, 0.717) is 11.0 Å². The van der Waals surface area contributed by atoms with Crippen molar-refractivity contribution in [2.45, 2.75) is 12.3 Å². The van der Waals surface area contributed by atoms with Crippen molar-refractivity contribution in [2.24, 2.45) is 0 Å². The molecule has 1 heterocycles. The average molecular weight is 374 g/mol. The third-order valence-corrected chi connectivity index (χ3v) is 4.97. The van der Waals surface area contributed by atoms with E-state index < -0.39 is 17.5 Å². The van der Waals surface area contributed by atoms with Gasteiger partial charge in [-0.3, -0.25) is 4.79 Å². The summed E-state index contributed by atoms with van der Waals surface area (Å²) in [6, 6.07) is 20.1. The Bertz CT molecular complexity index is 1230. The van der Waals surface area contributed by atoms with Crippen molar-refractivity contribution in [3.05, 3.63) is 88.3 Å². The zero-order chi connectivity index (χ0) is 19.7. The van der Waals surface area contributed by atoms with E-state index in [-0.39, 0.29) is 17.7 Å². The van der Waals surface area contributed by atoms with Gasteiger partial charge in [0.15, 0.2) is 0 Å². The maximum absolute atomic E-state index is 12.8. The Balaban J connectivity index is 2.01. The molecule has 5 nitrogen and oxygen atoms in total. The van der Waals surface area contributed by atoms with Crippen LogP contribution < -0.4 is 5.63 Å². The van der Waals surface area contributed by atoms with Gasteiger partial charge >= 0.3 is 11.6 Å². The Hall–Kier alpha value is -3.60. The molecule has 0 fully saturated rings. The first-order chi connectivity index (χ1) is 13.6. The quantitative estimate of drug-likeness (QED) is 0.425. The number of aromatic hydroxyl groups is 1. The summed E-state index contributed by atoms with van der Waals surface area (Å²) in [5.41, 5.74) is 0.434. The Morgan fingerprint density at radius 1 is 1.00 bits per heavy atom. The molecule has 0 saturated carbocycles. The molecular formula is C23H18O5. The van der Waals surface area contributed by atoms with Crippen LogP contribution in [0.25, 0.3) is 21.7 Å². The molecule has 1 N–H and O–H groups in total. The summed E-state index contributed by atoms with van der Waals surface area (Å²) in [5, 5.41) is 13.2. The van der Waals surface area contributed by atoms with Gasteiger partial charge in [-0.1, -0.05) is 54.6 Å². The summed E-state index contributed by atoms with van der Waals surface area (Å²) in [6.07, 6.45) is -0.0961. The number of fused-ring (bicyclic) bond motifs is 2. The van der Waals surface area contributed by atoms with Crippen LogP contribution in [0.5, 0.6) is 5.75 Å². The summed E-state index contributed by atoms with van der Waals surface area (Å²) >= 11 is 0. The van der Waals surface area contributed by atoms with Gasteiger partial charge in [-0.05, 0) is 28.5 Å². The number of carbonyl (C=O) groups excluding carboxylic acids is 1. The molecule has 0 bridgehead atoms. The van der Waals surface area contributed by atoms with Crippen molar-refractivity contribution in [1.82, 2.24) is 0 Å². The number of ether oxygens (including phenoxy) is 1. The zero-order valence-corrected chi connectivity index (χ0v) is 15.2. The van der Waals surface area contributed by atoms with E-state index in [2.05, 4.69) is 0 Å². The summed E-state index contributed by atoms with van der Waals surface area (Å²) in [4.78, 5) is 25.0. The van der Waals surface area contributed by atoms with Crippen molar-refractivity contribution < 1.29 is 19.1 Å². The molecule has 0 amide bonds. The van der Waals surface area contributed by atoms with E-state index in [4.69, 9.17) is 9.15 Å². The van der Waals surface area contributed by atoms with E-state index >= 15 is 0 Å². The minimum absolute atomic E-state index is 0.0560. The average Bonchev–Trinajstić information content (AvgIpc) is 2.72. The molecule has 4 rings (SSSR count). The van der Waals surface area contributed by atoms with Crippen LogP contribution in [-0.4, -0.2) is 18.2 Å². The number of methoxy groups -OCH3 is 1. The molecule has 0 aliphatic heterocycles. The molecule has 0 aliphatic rings. The molecule has 140 valence electrons.